The summed E-state index contributed by atoms with van der Waals surface area (Å²) in [6, 6.07) is 5.26. The Morgan fingerprint density at radius 2 is 2.00 bits per heavy atom. The molecular formula is C15H22Cl3FN2. The van der Waals surface area contributed by atoms with Gasteiger partial charge >= 0.3 is 0 Å². The summed E-state index contributed by atoms with van der Waals surface area (Å²) in [6.45, 7) is 10.00. The van der Waals surface area contributed by atoms with E-state index in [1.165, 1.54) is 6.07 Å². The molecule has 1 atom stereocenters. The molecule has 0 unspecified atom stereocenters. The first-order chi connectivity index (χ1) is 9.08. The summed E-state index contributed by atoms with van der Waals surface area (Å²) in [4.78, 5) is 2.41. The fraction of sp³-hybridized carbons (Fsp3) is 0.467. The maximum Gasteiger partial charge on any atom is 0.141 e. The summed E-state index contributed by atoms with van der Waals surface area (Å²) in [7, 11) is 0. The lowest BCUT2D eigenvalue weighted by Gasteiger charge is -2.35. The van der Waals surface area contributed by atoms with Gasteiger partial charge < -0.3 is 5.32 Å². The van der Waals surface area contributed by atoms with Gasteiger partial charge in [-0.2, -0.15) is 0 Å². The highest BCUT2D eigenvalue weighted by atomic mass is 35.5. The summed E-state index contributed by atoms with van der Waals surface area (Å²) in [6.07, 6.45) is 0.877. The van der Waals surface area contributed by atoms with Crippen molar-refractivity contribution in [2.75, 3.05) is 26.2 Å². The average Bonchev–Trinajstić information content (AvgIpc) is 2.40. The van der Waals surface area contributed by atoms with Crippen LogP contribution in [0.25, 0.3) is 0 Å². The van der Waals surface area contributed by atoms with Gasteiger partial charge in [0.2, 0.25) is 0 Å². The molecule has 0 saturated carbocycles. The fourth-order valence-corrected chi connectivity index (χ4v) is 2.69. The van der Waals surface area contributed by atoms with Crippen LogP contribution in [0.2, 0.25) is 5.02 Å². The van der Waals surface area contributed by atoms with E-state index in [4.69, 9.17) is 11.6 Å². The molecule has 21 heavy (non-hydrogen) atoms. The zero-order valence-electron chi connectivity index (χ0n) is 12.1. The summed E-state index contributed by atoms with van der Waals surface area (Å²) >= 11 is 5.91. The van der Waals surface area contributed by atoms with E-state index >= 15 is 0 Å². The molecule has 120 valence electrons. The van der Waals surface area contributed by atoms with Crippen LogP contribution in [0.1, 0.15) is 24.9 Å². The van der Waals surface area contributed by atoms with E-state index in [1.54, 1.807) is 6.07 Å². The number of nitrogens with zero attached hydrogens (tertiary/aromatic N) is 1. The number of benzene rings is 1. The highest BCUT2D eigenvalue weighted by Gasteiger charge is 2.22. The molecule has 0 bridgehead atoms. The largest absolute Gasteiger partial charge is 0.314 e. The van der Waals surface area contributed by atoms with E-state index in [9.17, 15) is 4.39 Å². The smallest absolute Gasteiger partial charge is 0.141 e. The van der Waals surface area contributed by atoms with Crippen LogP contribution < -0.4 is 5.32 Å². The summed E-state index contributed by atoms with van der Waals surface area (Å²) in [5.41, 5.74) is 2.19. The van der Waals surface area contributed by atoms with Crippen LogP contribution >= 0.6 is 36.4 Å². The molecule has 1 fully saturated rings. The number of halogens is 4. The standard InChI is InChI=1S/C15H20ClFN2.2ClH/c1-11(2)9-15(19-7-5-18-6-8-19)12-3-4-14(17)13(16)10-12;;/h3-4,10,15,18H,1,5-9H2,2H3;2*1H/t15-;;/m0../s1. The topological polar surface area (TPSA) is 15.3 Å². The fourth-order valence-electron chi connectivity index (χ4n) is 2.50. The van der Waals surface area contributed by atoms with Gasteiger partial charge in [0.15, 0.2) is 0 Å². The van der Waals surface area contributed by atoms with Crippen LogP contribution in [0, 0.1) is 5.82 Å². The number of piperazine rings is 1. The minimum atomic E-state index is -0.361. The van der Waals surface area contributed by atoms with Gasteiger partial charge in [0.25, 0.3) is 0 Å². The second-order valence-electron chi connectivity index (χ2n) is 5.14. The van der Waals surface area contributed by atoms with Gasteiger partial charge in [-0.15, -0.1) is 31.4 Å². The first kappa shape index (κ1) is 20.7. The molecule has 0 spiro atoms. The predicted octanol–water partition coefficient (Wildman–Crippen LogP) is 4.24. The van der Waals surface area contributed by atoms with Crippen molar-refractivity contribution in [3.8, 4) is 0 Å². The Kier molecular flexibility index (Phi) is 9.50. The van der Waals surface area contributed by atoms with Crippen molar-refractivity contribution in [2.24, 2.45) is 0 Å². The molecule has 1 N–H and O–H groups in total. The van der Waals surface area contributed by atoms with E-state index in [0.29, 0.717) is 0 Å². The van der Waals surface area contributed by atoms with Crippen LogP contribution in [0.4, 0.5) is 4.39 Å². The van der Waals surface area contributed by atoms with Crippen molar-refractivity contribution in [1.29, 1.82) is 0 Å². The molecule has 1 aromatic carbocycles. The highest BCUT2D eigenvalue weighted by Crippen LogP contribution is 2.30. The van der Waals surface area contributed by atoms with Gasteiger partial charge in [-0.1, -0.05) is 23.2 Å². The van der Waals surface area contributed by atoms with E-state index in [1.807, 2.05) is 13.0 Å². The highest BCUT2D eigenvalue weighted by molar-refractivity contribution is 6.30. The molecule has 1 heterocycles. The van der Waals surface area contributed by atoms with Crippen molar-refractivity contribution in [1.82, 2.24) is 10.2 Å². The maximum atomic E-state index is 13.3. The molecule has 0 aromatic heterocycles. The van der Waals surface area contributed by atoms with Crippen LogP contribution in [0.3, 0.4) is 0 Å². The lowest BCUT2D eigenvalue weighted by Crippen LogP contribution is -2.45. The monoisotopic (exact) mass is 354 g/mol. The molecular weight excluding hydrogens is 334 g/mol. The second-order valence-corrected chi connectivity index (χ2v) is 5.54. The Hall–Kier alpha value is -0.320. The first-order valence-corrected chi connectivity index (χ1v) is 7.00. The van der Waals surface area contributed by atoms with Gasteiger partial charge in [0, 0.05) is 32.2 Å². The van der Waals surface area contributed by atoms with Gasteiger partial charge in [0.05, 0.1) is 5.02 Å². The Morgan fingerprint density at radius 1 is 1.38 bits per heavy atom. The zero-order valence-corrected chi connectivity index (χ0v) is 14.5. The number of hydrogen-bond donors (Lipinski definition) is 1. The molecule has 6 heteroatoms. The molecule has 0 radical (unpaired) electrons. The molecule has 0 amide bonds. The quantitative estimate of drug-likeness (QED) is 0.813. The second kappa shape index (κ2) is 9.65. The molecule has 2 nitrogen and oxygen atoms in total. The Morgan fingerprint density at radius 3 is 2.52 bits per heavy atom. The van der Waals surface area contributed by atoms with Crippen LogP contribution in [-0.2, 0) is 0 Å². The minimum Gasteiger partial charge on any atom is -0.314 e. The van der Waals surface area contributed by atoms with Crippen molar-refractivity contribution in [3.05, 3.63) is 46.8 Å². The van der Waals surface area contributed by atoms with E-state index in [0.717, 1.165) is 43.7 Å². The van der Waals surface area contributed by atoms with Crippen LogP contribution in [-0.4, -0.2) is 31.1 Å². The molecule has 1 saturated heterocycles. The lowest BCUT2D eigenvalue weighted by atomic mass is 9.98. The molecule has 1 aromatic rings. The summed E-state index contributed by atoms with van der Waals surface area (Å²) < 4.78 is 13.3. The minimum absolute atomic E-state index is 0. The SMILES string of the molecule is C=C(C)C[C@@H](c1ccc(F)c(Cl)c1)N1CCNCC1.Cl.Cl. The van der Waals surface area contributed by atoms with E-state index < -0.39 is 0 Å². The molecule has 1 aliphatic rings. The van der Waals surface area contributed by atoms with Gasteiger partial charge in [-0.25, -0.2) is 4.39 Å². The van der Waals surface area contributed by atoms with Crippen LogP contribution in [0.15, 0.2) is 30.4 Å². The van der Waals surface area contributed by atoms with E-state index in [2.05, 4.69) is 16.8 Å². The van der Waals surface area contributed by atoms with Gasteiger partial charge in [-0.05, 0) is 31.0 Å². The van der Waals surface area contributed by atoms with Crippen molar-refractivity contribution in [3.63, 3.8) is 0 Å². The molecule has 2 rings (SSSR count). The first-order valence-electron chi connectivity index (χ1n) is 6.62. The third kappa shape index (κ3) is 5.76. The average molecular weight is 356 g/mol. The number of nitrogens with one attached hydrogen (secondary N) is 1. The Balaban J connectivity index is 0.00000200. The lowest BCUT2D eigenvalue weighted by molar-refractivity contribution is 0.172. The number of rotatable bonds is 4. The van der Waals surface area contributed by atoms with E-state index in [-0.39, 0.29) is 41.7 Å². The number of hydrogen-bond acceptors (Lipinski definition) is 2. The third-order valence-electron chi connectivity index (χ3n) is 3.46. The van der Waals surface area contributed by atoms with Crippen molar-refractivity contribution < 1.29 is 4.39 Å². The predicted molar refractivity (Wildman–Crippen MR) is 92.5 cm³/mol. The Bertz CT molecular complexity index is 462. The van der Waals surface area contributed by atoms with Crippen LogP contribution in [0.5, 0.6) is 0 Å². The van der Waals surface area contributed by atoms with Gasteiger partial charge in [0.1, 0.15) is 5.82 Å². The molecule has 0 aliphatic carbocycles. The summed E-state index contributed by atoms with van der Waals surface area (Å²) in [5.74, 6) is -0.361. The maximum absolute atomic E-state index is 13.3. The van der Waals surface area contributed by atoms with Gasteiger partial charge in [-0.3, -0.25) is 4.90 Å². The van der Waals surface area contributed by atoms with Crippen molar-refractivity contribution >= 4 is 36.4 Å². The zero-order chi connectivity index (χ0) is 13.8. The van der Waals surface area contributed by atoms with Crippen molar-refractivity contribution in [2.45, 2.75) is 19.4 Å². The molecule has 1 aliphatic heterocycles. The normalized spacial score (nSPS) is 16.5. The third-order valence-corrected chi connectivity index (χ3v) is 3.75. The Labute approximate surface area is 143 Å². The summed E-state index contributed by atoms with van der Waals surface area (Å²) in [5, 5.41) is 3.54.